The largest absolute Gasteiger partial charge is 0.458 e. The quantitative estimate of drug-likeness (QED) is 0.123. The summed E-state index contributed by atoms with van der Waals surface area (Å²) in [5.41, 5.74) is 24.7. The number of aromatic nitrogens is 4. The molecule has 88 heavy (non-hydrogen) atoms. The molecule has 0 spiro atoms. The van der Waals surface area contributed by atoms with Crippen LogP contribution in [0.15, 0.2) is 223 Å². The minimum atomic E-state index is -0.0463. The Morgan fingerprint density at radius 3 is 1.84 bits per heavy atom. The standard InChI is InChI=1S/C82H70N4O2/c1-79(2,3)53-32-29-50(30-33-53)52-42-68-60-22-12-11-21-59(60)65-47-69-70(82(9,10)39-38-81(69,7)8)48-66(65)64-26-18-25-58(51-31-36-75-67(41-51)63-24-14-16-28-74(63)88-75)77(64)85-49-84(73(43-52)78(68)85)55-19-17-20-56(45-55)87-57-34-35-62-61-23-13-15-27-71(61)86(72(62)46-57)76-44-54(37-40-83-76)80(4,5)6/h11-37,40-48H,38-39H2,1-10H3. The van der Waals surface area contributed by atoms with Crippen molar-refractivity contribution in [2.24, 2.45) is 0 Å². The van der Waals surface area contributed by atoms with Gasteiger partial charge in [0.2, 0.25) is 0 Å². The molecular weight excluding hydrogens is 1070 g/mol. The van der Waals surface area contributed by atoms with Gasteiger partial charge in [-0.15, -0.1) is 0 Å². The maximum Gasteiger partial charge on any atom is 0.269 e. The first-order valence-corrected chi connectivity index (χ1v) is 31.1. The van der Waals surface area contributed by atoms with Crippen LogP contribution in [0.25, 0.3) is 128 Å². The summed E-state index contributed by atoms with van der Waals surface area (Å²) in [4.78, 5) is 4.97. The number of benzene rings is 10. The lowest BCUT2D eigenvalue weighted by atomic mass is 9.62. The minimum Gasteiger partial charge on any atom is -0.458 e. The summed E-state index contributed by atoms with van der Waals surface area (Å²) >= 11 is 0. The molecule has 10 aromatic carbocycles. The van der Waals surface area contributed by atoms with E-state index < -0.39 is 0 Å². The van der Waals surface area contributed by atoms with Crippen LogP contribution in [0.1, 0.15) is 104 Å². The monoisotopic (exact) mass is 1140 g/mol. The van der Waals surface area contributed by atoms with Gasteiger partial charge in [-0.3, -0.25) is 13.7 Å². The maximum atomic E-state index is 7.06. The van der Waals surface area contributed by atoms with Gasteiger partial charge in [0.15, 0.2) is 0 Å². The first kappa shape index (κ1) is 53.7. The molecule has 0 unspecified atom stereocenters. The van der Waals surface area contributed by atoms with Crippen LogP contribution < -0.4 is 9.30 Å². The van der Waals surface area contributed by atoms with Crippen LogP contribution in [-0.2, 0) is 21.7 Å². The van der Waals surface area contributed by atoms with Gasteiger partial charge in [0.05, 0.1) is 33.4 Å². The van der Waals surface area contributed by atoms with Crippen molar-refractivity contribution in [1.29, 1.82) is 0 Å². The lowest BCUT2D eigenvalue weighted by molar-refractivity contribution is -0.570. The van der Waals surface area contributed by atoms with Gasteiger partial charge in [-0.05, 0) is 191 Å². The van der Waals surface area contributed by atoms with Crippen LogP contribution >= 0.6 is 0 Å². The van der Waals surface area contributed by atoms with E-state index in [9.17, 15) is 0 Å². The number of para-hydroxylation sites is 3. The van der Waals surface area contributed by atoms with Crippen molar-refractivity contribution in [3.05, 3.63) is 247 Å². The van der Waals surface area contributed by atoms with Crippen LogP contribution in [0.5, 0.6) is 11.5 Å². The third-order valence-corrected chi connectivity index (χ3v) is 19.4. The zero-order chi connectivity index (χ0) is 60.2. The fraction of sp³-hybridized carbons (Fsp3) is 0.195. The summed E-state index contributed by atoms with van der Waals surface area (Å²) in [5, 5.41) is 4.49. The lowest BCUT2D eigenvalue weighted by Crippen LogP contribution is -2.34. The molecule has 16 rings (SSSR count). The van der Waals surface area contributed by atoms with Crippen LogP contribution in [-0.4, -0.2) is 14.1 Å². The summed E-state index contributed by atoms with van der Waals surface area (Å²) in [6.45, 7) is 23.4. The second kappa shape index (κ2) is 19.4. The number of hydrogen-bond acceptors (Lipinski definition) is 3. The molecule has 4 aromatic heterocycles. The van der Waals surface area contributed by atoms with Gasteiger partial charge in [-0.1, -0.05) is 197 Å². The molecule has 0 amide bonds. The van der Waals surface area contributed by atoms with E-state index in [2.05, 4.69) is 296 Å². The minimum absolute atomic E-state index is 0.000256. The normalized spacial score (nSPS) is 14.3. The predicted molar refractivity (Wildman–Crippen MR) is 363 cm³/mol. The molecule has 430 valence electrons. The smallest absolute Gasteiger partial charge is 0.269 e. The highest BCUT2D eigenvalue weighted by Crippen LogP contribution is 2.53. The summed E-state index contributed by atoms with van der Waals surface area (Å²) < 4.78 is 20.5. The summed E-state index contributed by atoms with van der Waals surface area (Å²) in [6, 6.07) is 78.2. The van der Waals surface area contributed by atoms with Crippen LogP contribution in [0.2, 0.25) is 0 Å². The maximum absolute atomic E-state index is 7.06. The van der Waals surface area contributed by atoms with Crippen LogP contribution in [0.4, 0.5) is 0 Å². The number of pyridine rings is 1. The number of nitrogens with zero attached hydrogens (tertiary/aromatic N) is 4. The zero-order valence-electron chi connectivity index (χ0n) is 51.8. The number of fused-ring (bicyclic) bond motifs is 14. The average molecular weight is 1140 g/mol. The Labute approximate surface area is 515 Å². The number of furan rings is 1. The van der Waals surface area contributed by atoms with Gasteiger partial charge >= 0.3 is 0 Å². The van der Waals surface area contributed by atoms with E-state index in [1.807, 2.05) is 12.3 Å². The lowest BCUT2D eigenvalue weighted by Gasteiger charge is -2.42. The van der Waals surface area contributed by atoms with E-state index >= 15 is 0 Å². The number of rotatable bonds is 6. The second-order valence-corrected chi connectivity index (χ2v) is 28.0. The molecule has 0 bridgehead atoms. The van der Waals surface area contributed by atoms with Crippen molar-refractivity contribution in [2.75, 3.05) is 0 Å². The Balaban J connectivity index is 0.959. The van der Waals surface area contributed by atoms with Gasteiger partial charge in [-0.25, -0.2) is 4.98 Å². The van der Waals surface area contributed by atoms with E-state index in [4.69, 9.17) is 14.1 Å². The number of ether oxygens (including phenoxy) is 1. The molecule has 2 aliphatic rings. The Bertz CT molecular complexity index is 5200. The second-order valence-electron chi connectivity index (χ2n) is 28.0. The summed E-state index contributed by atoms with van der Waals surface area (Å²) in [5.74, 6) is 2.32. The van der Waals surface area contributed by atoms with Crippen molar-refractivity contribution in [2.45, 2.75) is 104 Å². The zero-order valence-corrected chi connectivity index (χ0v) is 51.8. The first-order chi connectivity index (χ1) is 42.3. The highest BCUT2D eigenvalue weighted by atomic mass is 16.5. The van der Waals surface area contributed by atoms with E-state index in [1.165, 1.54) is 49.9 Å². The molecule has 6 nitrogen and oxygen atoms in total. The van der Waals surface area contributed by atoms with E-state index in [-0.39, 0.29) is 21.7 Å². The first-order valence-electron chi connectivity index (χ1n) is 31.1. The van der Waals surface area contributed by atoms with Crippen molar-refractivity contribution in [3.8, 4) is 84.3 Å². The molecule has 0 saturated heterocycles. The average Bonchev–Trinajstić information content (AvgIpc) is 1.41. The molecule has 0 atom stereocenters. The molecule has 6 heteroatoms. The Hall–Kier alpha value is -9.78. The highest BCUT2D eigenvalue weighted by Gasteiger charge is 2.39. The van der Waals surface area contributed by atoms with E-state index in [0.29, 0.717) is 5.75 Å². The summed E-state index contributed by atoms with van der Waals surface area (Å²) in [7, 11) is 0. The van der Waals surface area contributed by atoms with Gasteiger partial charge < -0.3 is 9.15 Å². The summed E-state index contributed by atoms with van der Waals surface area (Å²) in [6.07, 6.45) is 8.31. The molecule has 1 aliphatic heterocycles. The molecule has 0 radical (unpaired) electrons. The van der Waals surface area contributed by atoms with Crippen molar-refractivity contribution in [3.63, 3.8) is 0 Å². The molecule has 0 fully saturated rings. The van der Waals surface area contributed by atoms with Gasteiger partial charge in [0.1, 0.15) is 28.5 Å². The Kier molecular flexibility index (Phi) is 11.8. The fourth-order valence-electron chi connectivity index (χ4n) is 14.4. The number of imidazole rings is 1. The Morgan fingerprint density at radius 2 is 1.08 bits per heavy atom. The van der Waals surface area contributed by atoms with Crippen molar-refractivity contribution >= 4 is 54.8 Å². The van der Waals surface area contributed by atoms with E-state index in [1.54, 1.807) is 0 Å². The third-order valence-electron chi connectivity index (χ3n) is 19.4. The molecule has 1 aliphatic carbocycles. The van der Waals surface area contributed by atoms with Crippen LogP contribution in [0.3, 0.4) is 0 Å². The number of hydrogen-bond donors (Lipinski definition) is 0. The predicted octanol–water partition coefficient (Wildman–Crippen LogP) is 21.5. The van der Waals surface area contributed by atoms with Crippen molar-refractivity contribution in [1.82, 2.24) is 14.1 Å². The highest BCUT2D eigenvalue weighted by molar-refractivity contribution is 6.10. The molecule has 0 saturated carbocycles. The topological polar surface area (TPSA) is 49.0 Å². The Morgan fingerprint density at radius 1 is 0.455 bits per heavy atom. The molecule has 5 heterocycles. The van der Waals surface area contributed by atoms with Gasteiger partial charge in [0, 0.05) is 33.8 Å². The van der Waals surface area contributed by atoms with Gasteiger partial charge in [0.25, 0.3) is 6.33 Å². The molecular formula is C82H70N4O2. The van der Waals surface area contributed by atoms with Gasteiger partial charge in [-0.2, -0.15) is 0 Å². The van der Waals surface area contributed by atoms with Crippen molar-refractivity contribution < 1.29 is 13.7 Å². The third kappa shape index (κ3) is 8.58. The fourth-order valence-corrected chi connectivity index (χ4v) is 14.4. The molecule has 0 N–H and O–H groups in total. The van der Waals surface area contributed by atoms with Crippen LogP contribution in [0, 0.1) is 6.33 Å². The van der Waals surface area contributed by atoms with E-state index in [0.717, 1.165) is 119 Å². The molecule has 14 aromatic rings. The SMILES string of the molecule is CC(C)(C)c1ccc(-c2cc3c4c(c2)n(-c2cccc(Oc5ccc6c7ccccc7n(-c7cc(C(C)(C)C)ccn7)c6c5)c2)[c-][n+]4-c2c(-c4ccc5oc6ccccc6c5c4)cccc2-c2cc4c(cc2-c2ccccc2-3)C(C)(C)CCC4(C)C)cc1.